The molecule has 1 aliphatic rings. The van der Waals surface area contributed by atoms with E-state index in [4.69, 9.17) is 9.72 Å². The summed E-state index contributed by atoms with van der Waals surface area (Å²) in [5, 5.41) is 1.13. The van der Waals surface area contributed by atoms with Crippen molar-refractivity contribution in [2.45, 2.75) is 13.3 Å². The lowest BCUT2D eigenvalue weighted by molar-refractivity contribution is 0.123. The van der Waals surface area contributed by atoms with Crippen LogP contribution < -0.4 is 4.90 Å². The Morgan fingerprint density at radius 3 is 2.83 bits per heavy atom. The molecule has 2 aromatic heterocycles. The summed E-state index contributed by atoms with van der Waals surface area (Å²) in [5.74, 6) is 1.08. The molecular weight excluding hydrogens is 423 g/mol. The third-order valence-electron chi connectivity index (χ3n) is 4.08. The van der Waals surface area contributed by atoms with Gasteiger partial charge in [-0.3, -0.25) is 4.57 Å². The molecule has 0 bridgehead atoms. The molecular formula is C16H17IN4OS. The van der Waals surface area contributed by atoms with Crippen LogP contribution in [0.5, 0.6) is 0 Å². The Labute approximate surface area is 152 Å². The lowest BCUT2D eigenvalue weighted by atomic mass is 10.2. The summed E-state index contributed by atoms with van der Waals surface area (Å²) in [6.45, 7) is 5.56. The molecule has 1 aromatic carbocycles. The molecule has 0 radical (unpaired) electrons. The lowest BCUT2D eigenvalue weighted by Gasteiger charge is -2.29. The van der Waals surface area contributed by atoms with Crippen LogP contribution in [0.3, 0.4) is 0 Å². The first kappa shape index (κ1) is 15.3. The van der Waals surface area contributed by atoms with E-state index in [-0.39, 0.29) is 0 Å². The summed E-state index contributed by atoms with van der Waals surface area (Å²) < 4.78 is 8.83. The van der Waals surface area contributed by atoms with Crippen molar-refractivity contribution in [2.75, 3.05) is 31.2 Å². The van der Waals surface area contributed by atoms with Gasteiger partial charge in [-0.1, -0.05) is 24.3 Å². The van der Waals surface area contributed by atoms with Gasteiger partial charge in [0.05, 0.1) is 36.1 Å². The topological polar surface area (TPSA) is 43.2 Å². The van der Waals surface area contributed by atoms with Gasteiger partial charge in [-0.05, 0) is 34.7 Å². The molecule has 0 aliphatic carbocycles. The van der Waals surface area contributed by atoms with Gasteiger partial charge in [-0.15, -0.1) is 0 Å². The molecule has 3 aromatic rings. The number of aryl methyl sites for hydroxylation is 1. The van der Waals surface area contributed by atoms with E-state index in [1.54, 1.807) is 11.3 Å². The van der Waals surface area contributed by atoms with Crippen LogP contribution in [0, 0.1) is 3.01 Å². The number of benzene rings is 1. The first-order chi connectivity index (χ1) is 11.3. The summed E-state index contributed by atoms with van der Waals surface area (Å²) in [5.41, 5.74) is 3.47. The van der Waals surface area contributed by atoms with Gasteiger partial charge in [0.2, 0.25) is 0 Å². The highest BCUT2D eigenvalue weighted by molar-refractivity contribution is 14.1. The minimum Gasteiger partial charge on any atom is -0.378 e. The Morgan fingerprint density at radius 2 is 2.13 bits per heavy atom. The predicted octanol–water partition coefficient (Wildman–Crippen LogP) is 3.49. The van der Waals surface area contributed by atoms with Crippen molar-refractivity contribution in [3.8, 4) is 5.00 Å². The van der Waals surface area contributed by atoms with Crippen molar-refractivity contribution < 1.29 is 4.74 Å². The van der Waals surface area contributed by atoms with Crippen LogP contribution in [0.15, 0.2) is 24.4 Å². The van der Waals surface area contributed by atoms with Crippen molar-refractivity contribution >= 4 is 50.6 Å². The SMILES string of the molecule is CCc1nc2cccc(N3CCOCC3)c2n1-c1cnc(I)s1. The van der Waals surface area contributed by atoms with Gasteiger partial charge in [0.15, 0.2) is 3.01 Å². The summed E-state index contributed by atoms with van der Waals surface area (Å²) >= 11 is 3.97. The van der Waals surface area contributed by atoms with Crippen LogP contribution in [0.4, 0.5) is 5.69 Å². The molecule has 7 heteroatoms. The molecule has 0 spiro atoms. The number of imidazole rings is 1. The fourth-order valence-electron chi connectivity index (χ4n) is 3.04. The first-order valence-corrected chi connectivity index (χ1v) is 9.62. The van der Waals surface area contributed by atoms with Crippen molar-refractivity contribution in [1.82, 2.24) is 14.5 Å². The molecule has 4 rings (SSSR count). The number of fused-ring (bicyclic) bond motifs is 1. The fraction of sp³-hybridized carbons (Fsp3) is 0.375. The van der Waals surface area contributed by atoms with Gasteiger partial charge in [0.25, 0.3) is 0 Å². The Kier molecular flexibility index (Phi) is 4.25. The van der Waals surface area contributed by atoms with Crippen molar-refractivity contribution in [2.24, 2.45) is 0 Å². The number of thiazole rings is 1. The zero-order valence-electron chi connectivity index (χ0n) is 12.8. The second-order valence-electron chi connectivity index (χ2n) is 5.41. The summed E-state index contributed by atoms with van der Waals surface area (Å²) in [4.78, 5) is 11.7. The third kappa shape index (κ3) is 2.74. The van der Waals surface area contributed by atoms with Crippen LogP contribution in [0.2, 0.25) is 0 Å². The highest BCUT2D eigenvalue weighted by Crippen LogP contribution is 2.33. The number of halogens is 1. The number of nitrogens with zero attached hydrogens (tertiary/aromatic N) is 4. The molecule has 5 nitrogen and oxygen atoms in total. The fourth-order valence-corrected chi connectivity index (χ4v) is 4.53. The lowest BCUT2D eigenvalue weighted by Crippen LogP contribution is -2.36. The van der Waals surface area contributed by atoms with E-state index >= 15 is 0 Å². The second kappa shape index (κ2) is 6.37. The van der Waals surface area contributed by atoms with Crippen LogP contribution in [0.25, 0.3) is 16.0 Å². The minimum atomic E-state index is 0.781. The van der Waals surface area contributed by atoms with E-state index in [2.05, 4.69) is 62.2 Å². The van der Waals surface area contributed by atoms with Crippen molar-refractivity contribution in [1.29, 1.82) is 0 Å². The molecule has 1 aliphatic heterocycles. The Bertz CT molecular complexity index is 838. The van der Waals surface area contributed by atoms with Crippen molar-refractivity contribution in [3.05, 3.63) is 33.2 Å². The number of rotatable bonds is 3. The normalized spacial score (nSPS) is 15.5. The van der Waals surface area contributed by atoms with E-state index in [0.29, 0.717) is 0 Å². The van der Waals surface area contributed by atoms with Gasteiger partial charge >= 0.3 is 0 Å². The molecule has 0 saturated carbocycles. The zero-order chi connectivity index (χ0) is 15.8. The third-order valence-corrected chi connectivity index (χ3v) is 5.79. The number of ether oxygens (including phenoxy) is 1. The molecule has 0 N–H and O–H groups in total. The average Bonchev–Trinajstić information content (AvgIpc) is 3.18. The number of anilines is 1. The van der Waals surface area contributed by atoms with Crippen LogP contribution in [-0.2, 0) is 11.2 Å². The Hall–Kier alpha value is -1.19. The largest absolute Gasteiger partial charge is 0.378 e. The maximum Gasteiger partial charge on any atom is 0.155 e. The molecule has 0 unspecified atom stereocenters. The number of hydrogen-bond donors (Lipinski definition) is 0. The predicted molar refractivity (Wildman–Crippen MR) is 102 cm³/mol. The van der Waals surface area contributed by atoms with Crippen LogP contribution in [-0.4, -0.2) is 40.8 Å². The highest BCUT2D eigenvalue weighted by atomic mass is 127. The minimum absolute atomic E-state index is 0.781. The number of morpholine rings is 1. The standard InChI is InChI=1S/C16H17IN4OS/c1-2-13-19-11-4-3-5-12(20-6-8-22-9-7-20)15(11)21(13)14-10-18-16(17)23-14/h3-5,10H,2,6-9H2,1H3. The van der Waals surface area contributed by atoms with E-state index in [1.165, 1.54) is 11.2 Å². The maximum atomic E-state index is 5.50. The van der Waals surface area contributed by atoms with Gasteiger partial charge in [0, 0.05) is 19.5 Å². The molecule has 3 heterocycles. The molecule has 1 fully saturated rings. The van der Waals surface area contributed by atoms with Crippen LogP contribution >= 0.6 is 33.9 Å². The van der Waals surface area contributed by atoms with E-state index in [9.17, 15) is 0 Å². The number of para-hydroxylation sites is 1. The Morgan fingerprint density at radius 1 is 1.30 bits per heavy atom. The van der Waals surface area contributed by atoms with Gasteiger partial charge in [0.1, 0.15) is 10.8 Å². The maximum absolute atomic E-state index is 5.50. The van der Waals surface area contributed by atoms with Gasteiger partial charge in [-0.25, -0.2) is 9.97 Å². The highest BCUT2D eigenvalue weighted by Gasteiger charge is 2.20. The summed E-state index contributed by atoms with van der Waals surface area (Å²) in [7, 11) is 0. The quantitative estimate of drug-likeness (QED) is 0.585. The smallest absolute Gasteiger partial charge is 0.155 e. The first-order valence-electron chi connectivity index (χ1n) is 7.72. The monoisotopic (exact) mass is 440 g/mol. The summed E-state index contributed by atoms with van der Waals surface area (Å²) in [6.07, 6.45) is 2.84. The van der Waals surface area contributed by atoms with E-state index in [0.717, 1.165) is 52.1 Å². The molecule has 0 atom stereocenters. The molecule has 0 amide bonds. The molecule has 23 heavy (non-hydrogen) atoms. The zero-order valence-corrected chi connectivity index (χ0v) is 15.8. The van der Waals surface area contributed by atoms with E-state index < -0.39 is 0 Å². The Balaban J connectivity index is 1.95. The molecule has 120 valence electrons. The summed E-state index contributed by atoms with van der Waals surface area (Å²) in [6, 6.07) is 6.39. The van der Waals surface area contributed by atoms with Crippen LogP contribution in [0.1, 0.15) is 12.7 Å². The second-order valence-corrected chi connectivity index (χ2v) is 8.18. The van der Waals surface area contributed by atoms with E-state index in [1.807, 2.05) is 6.20 Å². The van der Waals surface area contributed by atoms with Crippen molar-refractivity contribution in [3.63, 3.8) is 0 Å². The average molecular weight is 440 g/mol. The number of aromatic nitrogens is 3. The number of hydrogen-bond acceptors (Lipinski definition) is 5. The van der Waals surface area contributed by atoms with Gasteiger partial charge < -0.3 is 9.64 Å². The molecule has 1 saturated heterocycles. The van der Waals surface area contributed by atoms with Gasteiger partial charge in [-0.2, -0.15) is 0 Å².